The highest BCUT2D eigenvalue weighted by atomic mass is 35.5. The van der Waals surface area contributed by atoms with E-state index in [2.05, 4.69) is 11.8 Å². The number of aliphatic hydroxyl groups is 1. The van der Waals surface area contributed by atoms with Crippen molar-refractivity contribution in [2.75, 3.05) is 5.88 Å². The second-order valence-electron chi connectivity index (χ2n) is 2.72. The van der Waals surface area contributed by atoms with Crippen molar-refractivity contribution in [1.82, 2.24) is 0 Å². The van der Waals surface area contributed by atoms with Gasteiger partial charge in [0.05, 0.1) is 0 Å². The number of rotatable bonds is 3. The lowest BCUT2D eigenvalue weighted by Gasteiger charge is -2.14. The molecule has 0 amide bonds. The van der Waals surface area contributed by atoms with Crippen molar-refractivity contribution in [2.45, 2.75) is 38.7 Å². The van der Waals surface area contributed by atoms with Crippen molar-refractivity contribution in [1.29, 1.82) is 0 Å². The molecule has 0 rings (SSSR count). The van der Waals surface area contributed by atoms with Crippen molar-refractivity contribution in [3.05, 3.63) is 0 Å². The van der Waals surface area contributed by atoms with Gasteiger partial charge in [-0.15, -0.1) is 17.5 Å². The Bertz CT molecular complexity index is 153. The third-order valence-electron chi connectivity index (χ3n) is 1.33. The average molecular weight is 175 g/mol. The normalized spacial score (nSPS) is 14.9. The Morgan fingerprint density at radius 2 is 2.18 bits per heavy atom. The molecule has 0 heterocycles. The Balaban J connectivity index is 3.79. The van der Waals surface area contributed by atoms with Gasteiger partial charge >= 0.3 is 0 Å². The fourth-order valence-corrected chi connectivity index (χ4v) is 0.886. The van der Waals surface area contributed by atoms with Crippen LogP contribution in [0.5, 0.6) is 0 Å². The molecule has 1 atom stereocenters. The molecule has 1 nitrogen and oxygen atoms in total. The minimum atomic E-state index is -0.842. The highest BCUT2D eigenvalue weighted by Crippen LogP contribution is 2.10. The van der Waals surface area contributed by atoms with Crippen LogP contribution in [0.3, 0.4) is 0 Å². The average Bonchev–Trinajstić information content (AvgIpc) is 1.97. The fourth-order valence-electron chi connectivity index (χ4n) is 0.752. The molecule has 0 bridgehead atoms. The molecule has 0 aliphatic carbocycles. The summed E-state index contributed by atoms with van der Waals surface area (Å²) in [5.41, 5.74) is -0.842. The van der Waals surface area contributed by atoms with Gasteiger partial charge in [0, 0.05) is 12.3 Å². The third-order valence-corrected chi connectivity index (χ3v) is 1.60. The van der Waals surface area contributed by atoms with Crippen LogP contribution in [0, 0.1) is 11.8 Å². The SMILES string of the molecule is CCC#CC(C)(O)CCCCl. The van der Waals surface area contributed by atoms with Crippen molar-refractivity contribution < 1.29 is 5.11 Å². The molecule has 0 aliphatic rings. The molecule has 0 saturated carbocycles. The predicted octanol–water partition coefficient (Wildman–Crippen LogP) is 2.17. The van der Waals surface area contributed by atoms with E-state index in [-0.39, 0.29) is 0 Å². The third kappa shape index (κ3) is 6.22. The van der Waals surface area contributed by atoms with E-state index in [1.165, 1.54) is 0 Å². The maximum Gasteiger partial charge on any atom is 0.122 e. The number of alkyl halides is 1. The Morgan fingerprint density at radius 3 is 2.64 bits per heavy atom. The van der Waals surface area contributed by atoms with E-state index in [1.807, 2.05) is 6.92 Å². The van der Waals surface area contributed by atoms with Crippen LogP contribution in [0.25, 0.3) is 0 Å². The van der Waals surface area contributed by atoms with Gasteiger partial charge in [0.1, 0.15) is 5.60 Å². The van der Waals surface area contributed by atoms with E-state index in [0.717, 1.165) is 12.8 Å². The summed E-state index contributed by atoms with van der Waals surface area (Å²) >= 11 is 5.48. The Morgan fingerprint density at radius 1 is 1.55 bits per heavy atom. The van der Waals surface area contributed by atoms with E-state index in [4.69, 9.17) is 11.6 Å². The summed E-state index contributed by atoms with van der Waals surface area (Å²) in [7, 11) is 0. The molecule has 0 aliphatic heterocycles. The Labute approximate surface area is 73.8 Å². The van der Waals surface area contributed by atoms with Crippen LogP contribution in [0.2, 0.25) is 0 Å². The second kappa shape index (κ2) is 5.46. The van der Waals surface area contributed by atoms with Crippen LogP contribution >= 0.6 is 11.6 Å². The summed E-state index contributed by atoms with van der Waals surface area (Å²) < 4.78 is 0. The van der Waals surface area contributed by atoms with E-state index < -0.39 is 5.60 Å². The quantitative estimate of drug-likeness (QED) is 0.514. The van der Waals surface area contributed by atoms with Crippen LogP contribution in [0.15, 0.2) is 0 Å². The lowest BCUT2D eigenvalue weighted by atomic mass is 10.0. The van der Waals surface area contributed by atoms with Crippen LogP contribution in [0.4, 0.5) is 0 Å². The van der Waals surface area contributed by atoms with Gasteiger partial charge in [-0.3, -0.25) is 0 Å². The van der Waals surface area contributed by atoms with Crippen LogP contribution in [-0.4, -0.2) is 16.6 Å². The number of halogens is 1. The minimum Gasteiger partial charge on any atom is -0.378 e. The Hall–Kier alpha value is -0.190. The summed E-state index contributed by atoms with van der Waals surface area (Å²) in [6, 6.07) is 0. The molecule has 0 fully saturated rings. The second-order valence-corrected chi connectivity index (χ2v) is 3.10. The van der Waals surface area contributed by atoms with Gasteiger partial charge in [0.25, 0.3) is 0 Å². The van der Waals surface area contributed by atoms with Gasteiger partial charge in [-0.25, -0.2) is 0 Å². The highest BCUT2D eigenvalue weighted by Gasteiger charge is 2.14. The predicted molar refractivity (Wildman–Crippen MR) is 48.6 cm³/mol. The first-order valence-corrected chi connectivity index (χ1v) is 4.44. The molecular formula is C9H15ClO. The lowest BCUT2D eigenvalue weighted by molar-refractivity contribution is 0.111. The van der Waals surface area contributed by atoms with Crippen molar-refractivity contribution in [3.8, 4) is 11.8 Å². The molecule has 0 aromatic rings. The zero-order chi connectivity index (χ0) is 8.74. The lowest BCUT2D eigenvalue weighted by Crippen LogP contribution is -2.21. The van der Waals surface area contributed by atoms with E-state index in [9.17, 15) is 5.11 Å². The fraction of sp³-hybridized carbons (Fsp3) is 0.778. The zero-order valence-corrected chi connectivity index (χ0v) is 7.91. The molecular weight excluding hydrogens is 160 g/mol. The molecule has 0 spiro atoms. The summed E-state index contributed by atoms with van der Waals surface area (Å²) in [6.45, 7) is 3.69. The Kier molecular flexibility index (Phi) is 5.36. The topological polar surface area (TPSA) is 20.2 Å². The summed E-state index contributed by atoms with van der Waals surface area (Å²) in [5, 5.41) is 9.54. The first-order chi connectivity index (χ1) is 5.12. The van der Waals surface area contributed by atoms with Gasteiger partial charge in [-0.2, -0.15) is 0 Å². The standard InChI is InChI=1S/C9H15ClO/c1-3-4-6-9(2,11)7-5-8-10/h11H,3,5,7-8H2,1-2H3. The van der Waals surface area contributed by atoms with Crippen LogP contribution in [-0.2, 0) is 0 Å². The van der Waals surface area contributed by atoms with Crippen molar-refractivity contribution in [2.24, 2.45) is 0 Å². The van der Waals surface area contributed by atoms with Crippen molar-refractivity contribution >= 4 is 11.6 Å². The molecule has 0 radical (unpaired) electrons. The molecule has 11 heavy (non-hydrogen) atoms. The minimum absolute atomic E-state index is 0.587. The molecule has 1 unspecified atom stereocenters. The van der Waals surface area contributed by atoms with Gasteiger partial charge in [0.2, 0.25) is 0 Å². The van der Waals surface area contributed by atoms with Gasteiger partial charge in [0.15, 0.2) is 0 Å². The molecule has 0 aromatic carbocycles. The first kappa shape index (κ1) is 10.8. The van der Waals surface area contributed by atoms with Crippen molar-refractivity contribution in [3.63, 3.8) is 0 Å². The van der Waals surface area contributed by atoms with Gasteiger partial charge in [-0.05, 0) is 19.8 Å². The number of hydrogen-bond acceptors (Lipinski definition) is 1. The van der Waals surface area contributed by atoms with E-state index >= 15 is 0 Å². The molecule has 64 valence electrons. The first-order valence-electron chi connectivity index (χ1n) is 3.91. The van der Waals surface area contributed by atoms with Gasteiger partial charge in [-0.1, -0.05) is 12.8 Å². The van der Waals surface area contributed by atoms with E-state index in [0.29, 0.717) is 12.3 Å². The molecule has 0 saturated heterocycles. The summed E-state index contributed by atoms with van der Waals surface area (Å²) in [5.74, 6) is 6.23. The van der Waals surface area contributed by atoms with E-state index in [1.54, 1.807) is 6.92 Å². The maximum absolute atomic E-state index is 9.54. The zero-order valence-electron chi connectivity index (χ0n) is 7.15. The largest absolute Gasteiger partial charge is 0.378 e. The number of hydrogen-bond donors (Lipinski definition) is 1. The van der Waals surface area contributed by atoms with Gasteiger partial charge < -0.3 is 5.11 Å². The molecule has 2 heteroatoms. The monoisotopic (exact) mass is 174 g/mol. The summed E-state index contributed by atoms with van der Waals surface area (Å²) in [6.07, 6.45) is 2.26. The maximum atomic E-state index is 9.54. The molecule has 1 N–H and O–H groups in total. The van der Waals surface area contributed by atoms with Crippen LogP contribution in [0.1, 0.15) is 33.1 Å². The molecule has 0 aromatic heterocycles. The highest BCUT2D eigenvalue weighted by molar-refractivity contribution is 6.17. The summed E-state index contributed by atoms with van der Waals surface area (Å²) in [4.78, 5) is 0. The van der Waals surface area contributed by atoms with Crippen LogP contribution < -0.4 is 0 Å². The smallest absolute Gasteiger partial charge is 0.122 e.